The molecule has 6 heteroatoms. The molecule has 1 atom stereocenters. The number of carbonyl (C=O) groups is 1. The Kier molecular flexibility index (Phi) is 5.50. The molecule has 4 rings (SSSR count). The third-order valence-corrected chi connectivity index (χ3v) is 6.74. The Morgan fingerprint density at radius 1 is 1.06 bits per heavy atom. The van der Waals surface area contributed by atoms with E-state index in [2.05, 4.69) is 16.4 Å². The van der Waals surface area contributed by atoms with Crippen molar-refractivity contribution >= 4 is 33.1 Å². The van der Waals surface area contributed by atoms with Crippen molar-refractivity contribution in [2.24, 2.45) is 0 Å². The average molecular weight is 432 g/mol. The number of thiophene rings is 1. The van der Waals surface area contributed by atoms with Crippen LogP contribution in [-0.2, 0) is 4.79 Å². The van der Waals surface area contributed by atoms with E-state index in [0.29, 0.717) is 10.2 Å². The number of anilines is 1. The normalized spacial score (nSPS) is 12.2. The summed E-state index contributed by atoms with van der Waals surface area (Å²) in [5, 5.41) is 5.49. The molecule has 4 aromatic rings. The maximum atomic E-state index is 13.4. The van der Waals surface area contributed by atoms with Gasteiger partial charge in [-0.15, -0.1) is 11.3 Å². The molecule has 158 valence electrons. The van der Waals surface area contributed by atoms with E-state index in [9.17, 15) is 9.59 Å². The Hall–Kier alpha value is -3.25. The van der Waals surface area contributed by atoms with Gasteiger partial charge in [-0.1, -0.05) is 35.9 Å². The number of hydrogen-bond acceptors (Lipinski definition) is 4. The Morgan fingerprint density at radius 3 is 2.58 bits per heavy atom. The predicted molar refractivity (Wildman–Crippen MR) is 128 cm³/mol. The van der Waals surface area contributed by atoms with Crippen LogP contribution in [0.4, 0.5) is 5.69 Å². The molecule has 0 aliphatic carbocycles. The fourth-order valence-electron chi connectivity index (χ4n) is 3.79. The maximum Gasteiger partial charge on any atom is 0.263 e. The third-order valence-electron chi connectivity index (χ3n) is 5.85. The van der Waals surface area contributed by atoms with Gasteiger partial charge in [0.15, 0.2) is 0 Å². The summed E-state index contributed by atoms with van der Waals surface area (Å²) in [5.74, 6) is -0.250. The average Bonchev–Trinajstić information content (AvgIpc) is 3.16. The molecule has 0 radical (unpaired) electrons. The first-order chi connectivity index (χ1) is 14.8. The van der Waals surface area contributed by atoms with E-state index >= 15 is 0 Å². The van der Waals surface area contributed by atoms with Crippen molar-refractivity contribution in [1.29, 1.82) is 0 Å². The van der Waals surface area contributed by atoms with Gasteiger partial charge in [-0.05, 0) is 62.9 Å². The van der Waals surface area contributed by atoms with Crippen LogP contribution >= 0.6 is 11.3 Å². The number of hydrogen-bond donors (Lipinski definition) is 1. The Bertz CT molecular complexity index is 1370. The number of benzene rings is 2. The van der Waals surface area contributed by atoms with Crippen LogP contribution in [-0.4, -0.2) is 15.5 Å². The Balaban J connectivity index is 1.74. The maximum absolute atomic E-state index is 13.4. The molecule has 0 fully saturated rings. The van der Waals surface area contributed by atoms with Crippen LogP contribution in [0.1, 0.15) is 35.2 Å². The minimum Gasteiger partial charge on any atom is -0.324 e. The molecular formula is C25H25N3O2S. The number of rotatable bonds is 4. The molecule has 0 saturated carbocycles. The largest absolute Gasteiger partial charge is 0.324 e. The van der Waals surface area contributed by atoms with Gasteiger partial charge >= 0.3 is 0 Å². The highest BCUT2D eigenvalue weighted by molar-refractivity contribution is 7.17. The van der Waals surface area contributed by atoms with Gasteiger partial charge in [-0.2, -0.15) is 0 Å². The Labute approximate surface area is 185 Å². The zero-order valence-corrected chi connectivity index (χ0v) is 19.1. The Morgan fingerprint density at radius 2 is 1.84 bits per heavy atom. The summed E-state index contributed by atoms with van der Waals surface area (Å²) in [5.41, 5.74) is 6.83. The molecule has 5 nitrogen and oxygen atoms in total. The highest BCUT2D eigenvalue weighted by Gasteiger charge is 2.21. The van der Waals surface area contributed by atoms with E-state index in [1.54, 1.807) is 6.92 Å². The minimum absolute atomic E-state index is 0.204. The van der Waals surface area contributed by atoms with Gasteiger partial charge in [0.1, 0.15) is 10.9 Å². The van der Waals surface area contributed by atoms with E-state index in [1.807, 2.05) is 63.4 Å². The van der Waals surface area contributed by atoms with E-state index in [1.165, 1.54) is 27.8 Å². The lowest BCUT2D eigenvalue weighted by molar-refractivity contribution is -0.118. The zero-order chi connectivity index (χ0) is 22.3. The van der Waals surface area contributed by atoms with Crippen LogP contribution in [0.3, 0.4) is 0 Å². The third kappa shape index (κ3) is 3.79. The fraction of sp³-hybridized carbons (Fsp3) is 0.240. The topological polar surface area (TPSA) is 64.0 Å². The number of fused-ring (bicyclic) bond motifs is 1. The second kappa shape index (κ2) is 8.12. The summed E-state index contributed by atoms with van der Waals surface area (Å²) >= 11 is 1.45. The molecule has 1 amide bonds. The molecule has 2 aromatic heterocycles. The second-order valence-corrected chi connectivity index (χ2v) is 8.88. The highest BCUT2D eigenvalue weighted by Crippen LogP contribution is 2.33. The van der Waals surface area contributed by atoms with E-state index in [0.717, 1.165) is 33.5 Å². The zero-order valence-electron chi connectivity index (χ0n) is 18.3. The summed E-state index contributed by atoms with van der Waals surface area (Å²) < 4.78 is 1.42. The molecule has 31 heavy (non-hydrogen) atoms. The molecule has 2 heterocycles. The quantitative estimate of drug-likeness (QED) is 0.460. The van der Waals surface area contributed by atoms with Gasteiger partial charge in [0, 0.05) is 16.6 Å². The molecule has 0 aliphatic heterocycles. The van der Waals surface area contributed by atoms with Gasteiger partial charge in [0.05, 0.1) is 11.7 Å². The summed E-state index contributed by atoms with van der Waals surface area (Å²) in [6, 6.07) is 11.3. The summed E-state index contributed by atoms with van der Waals surface area (Å²) in [6.07, 6.45) is 1.47. The van der Waals surface area contributed by atoms with E-state index in [4.69, 9.17) is 0 Å². The minimum atomic E-state index is -0.698. The molecule has 2 aromatic carbocycles. The van der Waals surface area contributed by atoms with Gasteiger partial charge in [0.25, 0.3) is 5.56 Å². The molecule has 0 bridgehead atoms. The second-order valence-electron chi connectivity index (χ2n) is 8.02. The van der Waals surface area contributed by atoms with Gasteiger partial charge < -0.3 is 5.32 Å². The van der Waals surface area contributed by atoms with Crippen LogP contribution in [0.15, 0.2) is 52.9 Å². The van der Waals surface area contributed by atoms with E-state index < -0.39 is 6.04 Å². The summed E-state index contributed by atoms with van der Waals surface area (Å²) in [7, 11) is 0. The number of nitrogens with one attached hydrogen (secondary N) is 1. The SMILES string of the molecule is Cc1ccc(-c2csc3ncn(C(C)C(=O)Nc4cccc(C)c4C)c(=O)c23)c(C)c1. The number of nitrogens with zero attached hydrogens (tertiary/aromatic N) is 2. The predicted octanol–water partition coefficient (Wildman–Crippen LogP) is 5.56. The highest BCUT2D eigenvalue weighted by atomic mass is 32.1. The fourth-order valence-corrected chi connectivity index (χ4v) is 4.68. The van der Waals surface area contributed by atoms with Gasteiger partial charge in [-0.25, -0.2) is 4.98 Å². The van der Waals surface area contributed by atoms with Crippen molar-refractivity contribution in [3.05, 3.63) is 80.7 Å². The van der Waals surface area contributed by atoms with Crippen molar-refractivity contribution in [3.63, 3.8) is 0 Å². The molecular weight excluding hydrogens is 406 g/mol. The van der Waals surface area contributed by atoms with Crippen LogP contribution < -0.4 is 10.9 Å². The van der Waals surface area contributed by atoms with Crippen LogP contribution in [0.2, 0.25) is 0 Å². The first-order valence-electron chi connectivity index (χ1n) is 10.2. The van der Waals surface area contributed by atoms with Crippen molar-refractivity contribution in [2.45, 2.75) is 40.7 Å². The first kappa shape index (κ1) is 21.0. The lowest BCUT2D eigenvalue weighted by atomic mass is 9.99. The number of carbonyl (C=O) groups excluding carboxylic acids is 1. The standard InChI is InChI=1S/C25H25N3O2S/c1-14-9-10-19(16(3)11-14)20-12-31-24-22(20)25(30)28(13-26-24)18(5)23(29)27-21-8-6-7-15(2)17(21)4/h6-13,18H,1-5H3,(H,27,29). The van der Waals surface area contributed by atoms with Crippen molar-refractivity contribution < 1.29 is 4.79 Å². The van der Waals surface area contributed by atoms with Gasteiger partial charge in [-0.3, -0.25) is 14.2 Å². The van der Waals surface area contributed by atoms with Crippen LogP contribution in [0.5, 0.6) is 0 Å². The van der Waals surface area contributed by atoms with Crippen molar-refractivity contribution in [3.8, 4) is 11.1 Å². The van der Waals surface area contributed by atoms with Crippen LogP contribution in [0.25, 0.3) is 21.3 Å². The van der Waals surface area contributed by atoms with Gasteiger partial charge in [0.2, 0.25) is 5.91 Å². The first-order valence-corrected chi connectivity index (χ1v) is 11.1. The summed E-state index contributed by atoms with van der Waals surface area (Å²) in [4.78, 5) is 31.5. The lowest BCUT2D eigenvalue weighted by Crippen LogP contribution is -2.32. The molecule has 1 N–H and O–H groups in total. The monoisotopic (exact) mass is 431 g/mol. The summed E-state index contributed by atoms with van der Waals surface area (Å²) in [6.45, 7) is 9.78. The molecule has 0 aliphatic rings. The molecule has 0 saturated heterocycles. The van der Waals surface area contributed by atoms with E-state index in [-0.39, 0.29) is 11.5 Å². The van der Waals surface area contributed by atoms with Crippen molar-refractivity contribution in [2.75, 3.05) is 5.32 Å². The molecule has 1 unspecified atom stereocenters. The molecule has 0 spiro atoms. The smallest absolute Gasteiger partial charge is 0.263 e. The van der Waals surface area contributed by atoms with Crippen molar-refractivity contribution in [1.82, 2.24) is 9.55 Å². The number of aromatic nitrogens is 2. The number of aryl methyl sites for hydroxylation is 3. The lowest BCUT2D eigenvalue weighted by Gasteiger charge is -2.17. The van der Waals surface area contributed by atoms with Crippen LogP contribution in [0, 0.1) is 27.7 Å². The number of amides is 1.